The molecule has 2 heterocycles. The summed E-state index contributed by atoms with van der Waals surface area (Å²) in [6.07, 6.45) is 2.01. The lowest BCUT2D eigenvalue weighted by Crippen LogP contribution is -2.31. The molecule has 2 N–H and O–H groups in total. The number of likely N-dealkylation sites (tertiary alicyclic amines) is 1. The number of aromatic nitrogens is 2. The third-order valence-electron chi connectivity index (χ3n) is 4.55. The average Bonchev–Trinajstić information content (AvgIpc) is 3.04. The van der Waals surface area contributed by atoms with Crippen LogP contribution in [0.3, 0.4) is 0 Å². The minimum Gasteiger partial charge on any atom is -0.399 e. The molecule has 3 rings (SSSR count). The lowest BCUT2D eigenvalue weighted by atomic mass is 10.0. The number of benzene rings is 1. The van der Waals surface area contributed by atoms with Crippen LogP contribution in [0.2, 0.25) is 0 Å². The van der Waals surface area contributed by atoms with E-state index < -0.39 is 0 Å². The molecule has 2 aromatic rings. The largest absolute Gasteiger partial charge is 0.399 e. The fourth-order valence-corrected chi connectivity index (χ4v) is 3.42. The van der Waals surface area contributed by atoms with Gasteiger partial charge in [-0.2, -0.15) is 5.10 Å². The van der Waals surface area contributed by atoms with E-state index in [-0.39, 0.29) is 36.8 Å². The zero-order valence-corrected chi connectivity index (χ0v) is 15.8. The molecule has 1 saturated heterocycles. The highest BCUT2D eigenvalue weighted by molar-refractivity contribution is 5.95. The van der Waals surface area contributed by atoms with E-state index in [1.165, 1.54) is 5.56 Å². The van der Waals surface area contributed by atoms with Gasteiger partial charge >= 0.3 is 0 Å². The Kier molecular flexibility index (Phi) is 6.69. The molecule has 0 aliphatic carbocycles. The van der Waals surface area contributed by atoms with Crippen LogP contribution in [0.25, 0.3) is 0 Å². The van der Waals surface area contributed by atoms with Crippen LogP contribution in [0, 0.1) is 13.8 Å². The van der Waals surface area contributed by atoms with Crippen LogP contribution >= 0.6 is 24.8 Å². The van der Waals surface area contributed by atoms with Gasteiger partial charge in [-0.1, -0.05) is 6.07 Å². The number of rotatable bonds is 2. The Hall–Kier alpha value is -1.72. The quantitative estimate of drug-likeness (QED) is 0.823. The lowest BCUT2D eigenvalue weighted by molar-refractivity contribution is 0.0735. The summed E-state index contributed by atoms with van der Waals surface area (Å²) in [5.74, 6) is 0.0532. The maximum atomic E-state index is 12.9. The number of halogens is 2. The molecule has 1 unspecified atom stereocenters. The molecule has 1 aromatic carbocycles. The van der Waals surface area contributed by atoms with Crippen molar-refractivity contribution in [1.82, 2.24) is 14.7 Å². The van der Waals surface area contributed by atoms with Gasteiger partial charge in [0.05, 0.1) is 11.7 Å². The molecule has 0 radical (unpaired) electrons. The Morgan fingerprint density at radius 2 is 2.00 bits per heavy atom. The normalized spacial score (nSPS) is 16.5. The van der Waals surface area contributed by atoms with Crippen molar-refractivity contribution in [2.75, 3.05) is 12.3 Å². The Morgan fingerprint density at radius 3 is 2.58 bits per heavy atom. The zero-order chi connectivity index (χ0) is 15.9. The number of nitrogens with zero attached hydrogens (tertiary/aromatic N) is 3. The molecular formula is C17H24Cl2N4O. The van der Waals surface area contributed by atoms with Crippen molar-refractivity contribution in [2.45, 2.75) is 32.7 Å². The van der Waals surface area contributed by atoms with E-state index in [0.717, 1.165) is 30.8 Å². The third-order valence-corrected chi connectivity index (χ3v) is 4.55. The molecular weight excluding hydrogens is 347 g/mol. The first-order valence-corrected chi connectivity index (χ1v) is 7.65. The predicted octanol–water partition coefficient (Wildman–Crippen LogP) is 3.44. The maximum absolute atomic E-state index is 12.9. The van der Waals surface area contributed by atoms with Crippen LogP contribution in [-0.2, 0) is 7.05 Å². The summed E-state index contributed by atoms with van der Waals surface area (Å²) in [5, 5.41) is 4.49. The van der Waals surface area contributed by atoms with Crippen LogP contribution in [0.5, 0.6) is 0 Å². The molecule has 0 spiro atoms. The highest BCUT2D eigenvalue weighted by atomic mass is 35.5. The van der Waals surface area contributed by atoms with Gasteiger partial charge in [-0.3, -0.25) is 9.48 Å². The third kappa shape index (κ3) is 3.52. The molecule has 1 atom stereocenters. The Balaban J connectivity index is 0.00000144. The Bertz CT molecular complexity index is 729. The molecule has 1 fully saturated rings. The summed E-state index contributed by atoms with van der Waals surface area (Å²) >= 11 is 0. The van der Waals surface area contributed by atoms with E-state index in [1.54, 1.807) is 12.1 Å². The zero-order valence-electron chi connectivity index (χ0n) is 14.2. The van der Waals surface area contributed by atoms with Crippen LogP contribution in [0.15, 0.2) is 24.3 Å². The summed E-state index contributed by atoms with van der Waals surface area (Å²) in [4.78, 5) is 14.8. The number of anilines is 1. The summed E-state index contributed by atoms with van der Waals surface area (Å²) in [6, 6.07) is 7.32. The van der Waals surface area contributed by atoms with Crippen LogP contribution < -0.4 is 5.73 Å². The minimum absolute atomic E-state index is 0. The van der Waals surface area contributed by atoms with Gasteiger partial charge in [0, 0.05) is 36.1 Å². The molecule has 5 nitrogen and oxygen atoms in total. The predicted molar refractivity (Wildman–Crippen MR) is 101 cm³/mol. The maximum Gasteiger partial charge on any atom is 0.254 e. The van der Waals surface area contributed by atoms with Crippen molar-refractivity contribution in [2.24, 2.45) is 7.05 Å². The Labute approximate surface area is 155 Å². The van der Waals surface area contributed by atoms with Gasteiger partial charge in [0.15, 0.2) is 0 Å². The van der Waals surface area contributed by atoms with Crippen molar-refractivity contribution in [3.8, 4) is 0 Å². The van der Waals surface area contributed by atoms with Crippen molar-refractivity contribution in [1.29, 1.82) is 0 Å². The summed E-state index contributed by atoms with van der Waals surface area (Å²) < 4.78 is 1.89. The SMILES string of the molecule is Cc1nn(C)c(C)c1C1CCCN1C(=O)c1cccc(N)c1.Cl.Cl. The van der Waals surface area contributed by atoms with Crippen molar-refractivity contribution in [3.05, 3.63) is 46.8 Å². The fraction of sp³-hybridized carbons (Fsp3) is 0.412. The van der Waals surface area contributed by atoms with E-state index in [0.29, 0.717) is 11.3 Å². The second kappa shape index (κ2) is 7.90. The first-order chi connectivity index (χ1) is 10.5. The number of aryl methyl sites for hydroxylation is 2. The van der Waals surface area contributed by atoms with Crippen LogP contribution in [0.1, 0.15) is 46.2 Å². The molecule has 0 saturated carbocycles. The molecule has 7 heteroatoms. The van der Waals surface area contributed by atoms with E-state index in [9.17, 15) is 4.79 Å². The number of hydrogen-bond acceptors (Lipinski definition) is 3. The number of carbonyl (C=O) groups excluding carboxylic acids is 1. The van der Waals surface area contributed by atoms with Crippen molar-refractivity contribution >= 4 is 36.4 Å². The highest BCUT2D eigenvalue weighted by Crippen LogP contribution is 2.36. The van der Waals surface area contributed by atoms with E-state index >= 15 is 0 Å². The van der Waals surface area contributed by atoms with Gasteiger partial charge in [-0.15, -0.1) is 24.8 Å². The van der Waals surface area contributed by atoms with Crippen LogP contribution in [-0.4, -0.2) is 27.1 Å². The van der Waals surface area contributed by atoms with Gasteiger partial charge < -0.3 is 10.6 Å². The molecule has 0 bridgehead atoms. The van der Waals surface area contributed by atoms with E-state index in [2.05, 4.69) is 12.0 Å². The van der Waals surface area contributed by atoms with E-state index in [4.69, 9.17) is 5.73 Å². The summed E-state index contributed by atoms with van der Waals surface area (Å²) in [5.41, 5.74) is 10.4. The molecule has 1 aliphatic rings. The fourth-order valence-electron chi connectivity index (χ4n) is 3.42. The van der Waals surface area contributed by atoms with Crippen LogP contribution in [0.4, 0.5) is 5.69 Å². The van der Waals surface area contributed by atoms with Gasteiger partial charge in [0.1, 0.15) is 0 Å². The summed E-state index contributed by atoms with van der Waals surface area (Å²) in [7, 11) is 1.95. The van der Waals surface area contributed by atoms with Crippen molar-refractivity contribution in [3.63, 3.8) is 0 Å². The molecule has 24 heavy (non-hydrogen) atoms. The topological polar surface area (TPSA) is 64.2 Å². The van der Waals surface area contributed by atoms with Crippen molar-refractivity contribution < 1.29 is 4.79 Å². The monoisotopic (exact) mass is 370 g/mol. The molecule has 132 valence electrons. The standard InChI is InChI=1S/C17H22N4O.2ClH/c1-11-16(12(2)20(3)19-11)15-8-5-9-21(15)17(22)13-6-4-7-14(18)10-13;;/h4,6-7,10,15H,5,8-9,18H2,1-3H3;2*1H. The highest BCUT2D eigenvalue weighted by Gasteiger charge is 2.33. The van der Waals surface area contributed by atoms with Gasteiger partial charge in [-0.25, -0.2) is 0 Å². The summed E-state index contributed by atoms with van der Waals surface area (Å²) in [6.45, 7) is 4.87. The second-order valence-corrected chi connectivity index (χ2v) is 5.99. The van der Waals surface area contributed by atoms with Gasteiger partial charge in [-0.05, 0) is 44.9 Å². The second-order valence-electron chi connectivity index (χ2n) is 5.99. The number of carbonyl (C=O) groups is 1. The minimum atomic E-state index is 0. The molecule has 1 aromatic heterocycles. The number of amides is 1. The van der Waals surface area contributed by atoms with E-state index in [1.807, 2.05) is 35.7 Å². The first kappa shape index (κ1) is 20.3. The molecule has 1 aliphatic heterocycles. The number of hydrogen-bond donors (Lipinski definition) is 1. The Morgan fingerprint density at radius 1 is 1.29 bits per heavy atom. The average molecular weight is 371 g/mol. The molecule has 1 amide bonds. The van der Waals surface area contributed by atoms with Gasteiger partial charge in [0.25, 0.3) is 5.91 Å². The number of nitrogens with two attached hydrogens (primary N) is 1. The number of nitrogen functional groups attached to an aromatic ring is 1. The first-order valence-electron chi connectivity index (χ1n) is 7.65. The lowest BCUT2D eigenvalue weighted by Gasteiger charge is -2.25. The smallest absolute Gasteiger partial charge is 0.254 e. The van der Waals surface area contributed by atoms with Gasteiger partial charge in [0.2, 0.25) is 0 Å².